The third kappa shape index (κ3) is 3.29. The number of carbonyl (C=O) groups is 1. The van der Waals surface area contributed by atoms with Crippen molar-refractivity contribution in [2.75, 3.05) is 13.1 Å². The van der Waals surface area contributed by atoms with Gasteiger partial charge < -0.3 is 14.5 Å². The van der Waals surface area contributed by atoms with Crippen molar-refractivity contribution in [1.29, 1.82) is 0 Å². The Bertz CT molecular complexity index is 686. The van der Waals surface area contributed by atoms with Gasteiger partial charge in [-0.3, -0.25) is 9.89 Å². The molecule has 1 amide bonds. The summed E-state index contributed by atoms with van der Waals surface area (Å²) in [6.45, 7) is 6.57. The number of aliphatic hydroxyl groups excluding tert-OH is 1. The van der Waals surface area contributed by atoms with E-state index in [1.807, 2.05) is 26.8 Å². The number of hydrogen-bond acceptors (Lipinski definition) is 5. The fraction of sp³-hybridized carbons (Fsp3) is 0.562. The zero-order valence-corrected chi connectivity index (χ0v) is 13.7. The van der Waals surface area contributed by atoms with Crippen molar-refractivity contribution in [2.45, 2.75) is 39.7 Å². The van der Waals surface area contributed by atoms with Gasteiger partial charge in [0.05, 0.1) is 23.9 Å². The maximum atomic E-state index is 12.5. The Balaban J connectivity index is 1.62. The van der Waals surface area contributed by atoms with E-state index in [0.29, 0.717) is 25.9 Å². The molecule has 23 heavy (non-hydrogen) atoms. The summed E-state index contributed by atoms with van der Waals surface area (Å²) >= 11 is 0. The van der Waals surface area contributed by atoms with Crippen LogP contribution in [-0.2, 0) is 17.6 Å². The normalized spacial score (nSPS) is 21.1. The van der Waals surface area contributed by atoms with Crippen molar-refractivity contribution in [1.82, 2.24) is 20.3 Å². The van der Waals surface area contributed by atoms with E-state index in [2.05, 4.69) is 15.4 Å². The van der Waals surface area contributed by atoms with Gasteiger partial charge in [0.25, 0.3) is 0 Å². The lowest BCUT2D eigenvalue weighted by molar-refractivity contribution is -0.129. The summed E-state index contributed by atoms with van der Waals surface area (Å²) in [5.41, 5.74) is 3.54. The molecule has 0 aliphatic carbocycles. The molecular weight excluding hydrogens is 296 g/mol. The molecule has 0 spiro atoms. The SMILES string of the molecule is Cc1cc(C[C@@H]2CN(C(=O)Cc3c(C)n[nH]c3C)C[C@@H]2O)on1. The molecule has 1 aliphatic heterocycles. The van der Waals surface area contributed by atoms with Crippen LogP contribution in [0, 0.1) is 26.7 Å². The first-order valence-electron chi connectivity index (χ1n) is 7.82. The number of nitrogens with one attached hydrogen (secondary N) is 1. The highest BCUT2D eigenvalue weighted by molar-refractivity contribution is 5.79. The average Bonchev–Trinajstić information content (AvgIpc) is 3.16. The number of hydrogen-bond donors (Lipinski definition) is 2. The summed E-state index contributed by atoms with van der Waals surface area (Å²) in [6, 6.07) is 1.87. The van der Waals surface area contributed by atoms with Crippen LogP contribution >= 0.6 is 0 Å². The van der Waals surface area contributed by atoms with Gasteiger partial charge in [0.15, 0.2) is 0 Å². The molecule has 1 fully saturated rings. The number of nitrogens with zero attached hydrogens (tertiary/aromatic N) is 3. The Hall–Kier alpha value is -2.15. The van der Waals surface area contributed by atoms with Gasteiger partial charge in [0, 0.05) is 42.8 Å². The van der Waals surface area contributed by atoms with Crippen molar-refractivity contribution in [3.05, 3.63) is 34.5 Å². The fourth-order valence-electron chi connectivity index (χ4n) is 3.13. The van der Waals surface area contributed by atoms with Crippen molar-refractivity contribution >= 4 is 5.91 Å². The molecule has 3 rings (SSSR count). The minimum atomic E-state index is -0.532. The van der Waals surface area contributed by atoms with Crippen LogP contribution in [0.25, 0.3) is 0 Å². The molecule has 7 nitrogen and oxygen atoms in total. The number of H-pyrrole nitrogens is 1. The minimum Gasteiger partial charge on any atom is -0.391 e. The smallest absolute Gasteiger partial charge is 0.227 e. The van der Waals surface area contributed by atoms with Crippen LogP contribution in [0.5, 0.6) is 0 Å². The molecule has 124 valence electrons. The van der Waals surface area contributed by atoms with Crippen molar-refractivity contribution in [3.8, 4) is 0 Å². The summed E-state index contributed by atoms with van der Waals surface area (Å²) in [7, 11) is 0. The summed E-state index contributed by atoms with van der Waals surface area (Å²) in [6.07, 6.45) is 0.376. The lowest BCUT2D eigenvalue weighted by atomic mass is 10.0. The number of rotatable bonds is 4. The highest BCUT2D eigenvalue weighted by atomic mass is 16.5. The molecule has 2 aromatic heterocycles. The number of amides is 1. The van der Waals surface area contributed by atoms with Crippen LogP contribution in [0.2, 0.25) is 0 Å². The summed E-state index contributed by atoms with van der Waals surface area (Å²) < 4.78 is 5.21. The lowest BCUT2D eigenvalue weighted by Crippen LogP contribution is -2.31. The monoisotopic (exact) mass is 318 g/mol. The van der Waals surface area contributed by atoms with E-state index < -0.39 is 6.10 Å². The molecule has 7 heteroatoms. The van der Waals surface area contributed by atoms with Gasteiger partial charge >= 0.3 is 0 Å². The molecule has 1 aliphatic rings. The van der Waals surface area contributed by atoms with Crippen LogP contribution in [0.1, 0.15) is 28.4 Å². The summed E-state index contributed by atoms with van der Waals surface area (Å²) in [4.78, 5) is 14.2. The van der Waals surface area contributed by atoms with E-state index in [-0.39, 0.29) is 11.8 Å². The average molecular weight is 318 g/mol. The van der Waals surface area contributed by atoms with Gasteiger partial charge in [-0.1, -0.05) is 5.16 Å². The number of aromatic nitrogens is 3. The number of aliphatic hydroxyl groups is 1. The summed E-state index contributed by atoms with van der Waals surface area (Å²) in [5, 5.41) is 21.1. The molecule has 0 radical (unpaired) electrons. The van der Waals surface area contributed by atoms with E-state index in [4.69, 9.17) is 4.52 Å². The second-order valence-electron chi connectivity index (χ2n) is 6.35. The second-order valence-corrected chi connectivity index (χ2v) is 6.35. The molecule has 0 bridgehead atoms. The molecule has 0 unspecified atom stereocenters. The molecule has 2 N–H and O–H groups in total. The first kappa shape index (κ1) is 15.7. The highest BCUT2D eigenvalue weighted by Crippen LogP contribution is 2.23. The van der Waals surface area contributed by atoms with Crippen LogP contribution in [0.15, 0.2) is 10.6 Å². The topological polar surface area (TPSA) is 95.2 Å². The second kappa shape index (κ2) is 6.16. The highest BCUT2D eigenvalue weighted by Gasteiger charge is 2.35. The van der Waals surface area contributed by atoms with Crippen LogP contribution in [0.3, 0.4) is 0 Å². The lowest BCUT2D eigenvalue weighted by Gasteiger charge is -2.16. The predicted molar refractivity (Wildman–Crippen MR) is 82.8 cm³/mol. The van der Waals surface area contributed by atoms with Gasteiger partial charge in [-0.15, -0.1) is 0 Å². The van der Waals surface area contributed by atoms with E-state index >= 15 is 0 Å². The minimum absolute atomic E-state index is 0.0159. The van der Waals surface area contributed by atoms with Crippen molar-refractivity contribution in [3.63, 3.8) is 0 Å². The first-order chi connectivity index (χ1) is 10.9. The first-order valence-corrected chi connectivity index (χ1v) is 7.82. The number of likely N-dealkylation sites (tertiary alicyclic amines) is 1. The molecular formula is C16H22N4O3. The maximum Gasteiger partial charge on any atom is 0.227 e. The number of β-amino-alcohol motifs (C(OH)–C–C–N with tert-alkyl or cyclic N) is 1. The van der Waals surface area contributed by atoms with Gasteiger partial charge in [-0.25, -0.2) is 0 Å². The van der Waals surface area contributed by atoms with Gasteiger partial charge in [-0.2, -0.15) is 5.10 Å². The summed E-state index contributed by atoms with van der Waals surface area (Å²) in [5.74, 6) is 0.758. The molecule has 0 aromatic carbocycles. The molecule has 2 atom stereocenters. The standard InChI is InChI=1S/C16H22N4O3/c1-9-4-13(23-19-9)5-12-7-20(8-15(12)21)16(22)6-14-10(2)17-18-11(14)3/h4,12,15,21H,5-8H2,1-3H3,(H,17,18)/t12-,15+/m1/s1. The number of carbonyl (C=O) groups excluding carboxylic acids is 1. The Kier molecular flexibility index (Phi) is 4.21. The van der Waals surface area contributed by atoms with E-state index in [1.54, 1.807) is 4.90 Å². The maximum absolute atomic E-state index is 12.5. The van der Waals surface area contributed by atoms with Crippen LogP contribution in [0.4, 0.5) is 0 Å². The molecule has 2 aromatic rings. The fourth-order valence-corrected chi connectivity index (χ4v) is 3.13. The van der Waals surface area contributed by atoms with Gasteiger partial charge in [0.1, 0.15) is 5.76 Å². The number of aryl methyl sites for hydroxylation is 3. The molecule has 3 heterocycles. The predicted octanol–water partition coefficient (Wildman–Crippen LogP) is 0.927. The van der Waals surface area contributed by atoms with E-state index in [9.17, 15) is 9.90 Å². The zero-order chi connectivity index (χ0) is 16.6. The van der Waals surface area contributed by atoms with E-state index in [0.717, 1.165) is 28.4 Å². The Labute approximate surface area is 134 Å². The third-order valence-electron chi connectivity index (χ3n) is 4.51. The van der Waals surface area contributed by atoms with Gasteiger partial charge in [0.2, 0.25) is 5.91 Å². The Morgan fingerprint density at radius 3 is 2.83 bits per heavy atom. The third-order valence-corrected chi connectivity index (χ3v) is 4.51. The van der Waals surface area contributed by atoms with Crippen molar-refractivity contribution < 1.29 is 14.4 Å². The Morgan fingerprint density at radius 2 is 2.22 bits per heavy atom. The molecule has 0 saturated carbocycles. The number of aromatic amines is 1. The zero-order valence-electron chi connectivity index (χ0n) is 13.7. The Morgan fingerprint density at radius 1 is 1.43 bits per heavy atom. The quantitative estimate of drug-likeness (QED) is 0.874. The largest absolute Gasteiger partial charge is 0.391 e. The van der Waals surface area contributed by atoms with Crippen LogP contribution < -0.4 is 0 Å². The van der Waals surface area contributed by atoms with Gasteiger partial charge in [-0.05, 0) is 20.8 Å². The van der Waals surface area contributed by atoms with Crippen LogP contribution in [-0.4, -0.2) is 50.5 Å². The van der Waals surface area contributed by atoms with E-state index in [1.165, 1.54) is 0 Å². The van der Waals surface area contributed by atoms with Crippen molar-refractivity contribution in [2.24, 2.45) is 5.92 Å². The molecule has 1 saturated heterocycles.